The summed E-state index contributed by atoms with van der Waals surface area (Å²) in [7, 11) is 0. The number of benzene rings is 1. The monoisotopic (exact) mass is 289 g/mol. The highest BCUT2D eigenvalue weighted by atomic mass is 16.6. The normalized spacial score (nSPS) is 17.8. The number of carbonyl (C=O) groups excluding carboxylic acids is 2. The van der Waals surface area contributed by atoms with E-state index in [9.17, 15) is 9.59 Å². The Morgan fingerprint density at radius 3 is 2.76 bits per heavy atom. The number of likely N-dealkylation sites (tertiary alicyclic amines) is 1. The lowest BCUT2D eigenvalue weighted by molar-refractivity contribution is -0.119. The van der Waals surface area contributed by atoms with Crippen LogP contribution in [0.2, 0.25) is 0 Å². The largest absolute Gasteiger partial charge is 0.445 e. The van der Waals surface area contributed by atoms with Crippen LogP contribution in [0, 0.1) is 0 Å². The van der Waals surface area contributed by atoms with E-state index in [0.29, 0.717) is 19.4 Å². The smallest absolute Gasteiger partial charge is 0.410 e. The first kappa shape index (κ1) is 15.5. The number of ketones is 1. The summed E-state index contributed by atoms with van der Waals surface area (Å²) in [6.45, 7) is 2.91. The number of hydrogen-bond acceptors (Lipinski definition) is 3. The Hall–Kier alpha value is -1.84. The molecule has 1 unspecified atom stereocenters. The summed E-state index contributed by atoms with van der Waals surface area (Å²) in [5.41, 5.74) is 0.989. The lowest BCUT2D eigenvalue weighted by Crippen LogP contribution is -2.36. The van der Waals surface area contributed by atoms with Gasteiger partial charge >= 0.3 is 6.09 Å². The molecule has 0 bridgehead atoms. The Bertz CT molecular complexity index is 472. The molecule has 0 radical (unpaired) electrons. The molecule has 1 aromatic carbocycles. The second-order valence-electron chi connectivity index (χ2n) is 5.46. The molecule has 1 heterocycles. The third-order valence-corrected chi connectivity index (χ3v) is 3.97. The third-order valence-electron chi connectivity index (χ3n) is 3.97. The van der Waals surface area contributed by atoms with Crippen molar-refractivity contribution in [3.63, 3.8) is 0 Å². The molecular formula is C17H23NO3. The van der Waals surface area contributed by atoms with Gasteiger partial charge in [-0.05, 0) is 24.8 Å². The van der Waals surface area contributed by atoms with E-state index in [-0.39, 0.29) is 17.9 Å². The Labute approximate surface area is 126 Å². The van der Waals surface area contributed by atoms with E-state index in [4.69, 9.17) is 4.74 Å². The number of amides is 1. The van der Waals surface area contributed by atoms with E-state index in [1.807, 2.05) is 37.3 Å². The fourth-order valence-corrected chi connectivity index (χ4v) is 2.68. The average molecular weight is 289 g/mol. The van der Waals surface area contributed by atoms with Crippen LogP contribution in [0.15, 0.2) is 30.3 Å². The number of hydrogen-bond donors (Lipinski definition) is 0. The molecule has 1 aliphatic rings. The number of Topliss-reactive ketones (excluding diaryl/α,β-unsaturated/α-hetero) is 1. The predicted molar refractivity (Wildman–Crippen MR) is 80.9 cm³/mol. The second-order valence-corrected chi connectivity index (χ2v) is 5.46. The summed E-state index contributed by atoms with van der Waals surface area (Å²) in [4.78, 5) is 25.4. The van der Waals surface area contributed by atoms with Crippen molar-refractivity contribution >= 4 is 11.9 Å². The summed E-state index contributed by atoms with van der Waals surface area (Å²) < 4.78 is 5.38. The maximum Gasteiger partial charge on any atom is 0.410 e. The van der Waals surface area contributed by atoms with Gasteiger partial charge in [0.25, 0.3) is 0 Å². The molecule has 0 aromatic heterocycles. The fourth-order valence-electron chi connectivity index (χ4n) is 2.68. The van der Waals surface area contributed by atoms with Crippen LogP contribution in [0.3, 0.4) is 0 Å². The molecule has 114 valence electrons. The van der Waals surface area contributed by atoms with Crippen molar-refractivity contribution in [3.8, 4) is 0 Å². The molecule has 4 heteroatoms. The third kappa shape index (κ3) is 4.59. The summed E-state index contributed by atoms with van der Waals surface area (Å²) >= 11 is 0. The summed E-state index contributed by atoms with van der Waals surface area (Å²) in [6, 6.07) is 9.83. The minimum atomic E-state index is -0.259. The van der Waals surface area contributed by atoms with Crippen molar-refractivity contribution in [3.05, 3.63) is 35.9 Å². The Morgan fingerprint density at radius 1 is 1.29 bits per heavy atom. The van der Waals surface area contributed by atoms with Crippen molar-refractivity contribution in [2.75, 3.05) is 6.54 Å². The SMILES string of the molecule is CCC(=O)CCC1CCCN1C(=O)OCc1ccccc1. The van der Waals surface area contributed by atoms with Crippen molar-refractivity contribution in [2.45, 2.75) is 51.7 Å². The van der Waals surface area contributed by atoms with Gasteiger partial charge in [-0.3, -0.25) is 4.79 Å². The second kappa shape index (κ2) is 7.81. The van der Waals surface area contributed by atoms with Crippen molar-refractivity contribution in [2.24, 2.45) is 0 Å². The zero-order valence-electron chi connectivity index (χ0n) is 12.6. The lowest BCUT2D eigenvalue weighted by Gasteiger charge is -2.23. The van der Waals surface area contributed by atoms with Gasteiger partial charge < -0.3 is 9.64 Å². The van der Waals surface area contributed by atoms with Crippen molar-refractivity contribution in [1.29, 1.82) is 0 Å². The summed E-state index contributed by atoms with van der Waals surface area (Å²) in [5.74, 6) is 0.263. The van der Waals surface area contributed by atoms with E-state index in [2.05, 4.69) is 0 Å². The lowest BCUT2D eigenvalue weighted by atomic mass is 10.1. The highest BCUT2D eigenvalue weighted by Gasteiger charge is 2.29. The van der Waals surface area contributed by atoms with E-state index < -0.39 is 0 Å². The van der Waals surface area contributed by atoms with Crippen LogP contribution in [-0.4, -0.2) is 29.4 Å². The first-order valence-electron chi connectivity index (χ1n) is 7.69. The van der Waals surface area contributed by atoms with Crippen molar-refractivity contribution in [1.82, 2.24) is 4.90 Å². The van der Waals surface area contributed by atoms with Crippen LogP contribution in [0.4, 0.5) is 4.79 Å². The summed E-state index contributed by atoms with van der Waals surface area (Å²) in [6.07, 6.45) is 3.59. The molecule has 0 aliphatic carbocycles. The molecule has 0 N–H and O–H groups in total. The predicted octanol–water partition coefficient (Wildman–Crippen LogP) is 3.55. The van der Waals surface area contributed by atoms with E-state index >= 15 is 0 Å². The number of carbonyl (C=O) groups is 2. The molecule has 1 atom stereocenters. The van der Waals surface area contributed by atoms with Gasteiger partial charge in [0.1, 0.15) is 12.4 Å². The molecule has 1 saturated heterocycles. The molecule has 1 fully saturated rings. The van der Waals surface area contributed by atoms with Crippen LogP contribution in [0.5, 0.6) is 0 Å². The van der Waals surface area contributed by atoms with Gasteiger partial charge in [0.15, 0.2) is 0 Å². The van der Waals surface area contributed by atoms with Gasteiger partial charge in [-0.25, -0.2) is 4.79 Å². The highest BCUT2D eigenvalue weighted by Crippen LogP contribution is 2.23. The number of nitrogens with zero attached hydrogens (tertiary/aromatic N) is 1. The number of rotatable bonds is 6. The Balaban J connectivity index is 1.81. The molecule has 1 amide bonds. The standard InChI is InChI=1S/C17H23NO3/c1-2-16(19)11-10-15-9-6-12-18(15)17(20)21-13-14-7-4-3-5-8-14/h3-5,7-8,15H,2,6,9-13H2,1H3. The van der Waals surface area contributed by atoms with Gasteiger partial charge in [0, 0.05) is 25.4 Å². The Morgan fingerprint density at radius 2 is 2.05 bits per heavy atom. The van der Waals surface area contributed by atoms with Crippen LogP contribution in [-0.2, 0) is 16.1 Å². The van der Waals surface area contributed by atoms with Gasteiger partial charge in [-0.2, -0.15) is 0 Å². The van der Waals surface area contributed by atoms with Crippen LogP contribution in [0.25, 0.3) is 0 Å². The zero-order valence-corrected chi connectivity index (χ0v) is 12.6. The average Bonchev–Trinajstić information content (AvgIpc) is 2.99. The topological polar surface area (TPSA) is 46.6 Å². The first-order chi connectivity index (χ1) is 10.2. The minimum absolute atomic E-state index is 0.156. The molecule has 21 heavy (non-hydrogen) atoms. The van der Waals surface area contributed by atoms with E-state index in [0.717, 1.165) is 31.4 Å². The van der Waals surface area contributed by atoms with Gasteiger partial charge in [0.2, 0.25) is 0 Å². The summed E-state index contributed by atoms with van der Waals surface area (Å²) in [5, 5.41) is 0. The van der Waals surface area contributed by atoms with Crippen molar-refractivity contribution < 1.29 is 14.3 Å². The van der Waals surface area contributed by atoms with E-state index in [1.165, 1.54) is 0 Å². The molecule has 0 saturated carbocycles. The first-order valence-corrected chi connectivity index (χ1v) is 7.69. The minimum Gasteiger partial charge on any atom is -0.445 e. The molecule has 4 nitrogen and oxygen atoms in total. The maximum atomic E-state index is 12.2. The number of ether oxygens (including phenoxy) is 1. The highest BCUT2D eigenvalue weighted by molar-refractivity contribution is 5.78. The molecular weight excluding hydrogens is 266 g/mol. The maximum absolute atomic E-state index is 12.2. The van der Waals surface area contributed by atoms with Gasteiger partial charge in [0.05, 0.1) is 0 Å². The Kier molecular flexibility index (Phi) is 5.78. The zero-order chi connectivity index (χ0) is 15.1. The van der Waals surface area contributed by atoms with Crippen LogP contribution >= 0.6 is 0 Å². The fraction of sp³-hybridized carbons (Fsp3) is 0.529. The van der Waals surface area contributed by atoms with Gasteiger partial charge in [-0.1, -0.05) is 37.3 Å². The quantitative estimate of drug-likeness (QED) is 0.804. The van der Waals surface area contributed by atoms with Gasteiger partial charge in [-0.15, -0.1) is 0 Å². The molecule has 1 aliphatic heterocycles. The molecule has 0 spiro atoms. The van der Waals surface area contributed by atoms with Crippen LogP contribution < -0.4 is 0 Å². The van der Waals surface area contributed by atoms with E-state index in [1.54, 1.807) is 4.90 Å². The van der Waals surface area contributed by atoms with Crippen LogP contribution in [0.1, 0.15) is 44.6 Å². The molecule has 1 aromatic rings. The molecule has 2 rings (SSSR count).